The quantitative estimate of drug-likeness (QED) is 0.716. The fraction of sp³-hybridized carbons (Fsp3) is 0.611. The van der Waals surface area contributed by atoms with Crippen LogP contribution >= 0.6 is 0 Å². The lowest BCUT2D eigenvalue weighted by Crippen LogP contribution is -2.46. The zero-order chi connectivity index (χ0) is 19.3. The molecule has 2 rings (SSSR count). The van der Waals surface area contributed by atoms with Crippen molar-refractivity contribution in [1.29, 1.82) is 0 Å². The molecular weight excluding hydrogens is 356 g/mol. The van der Waals surface area contributed by atoms with Gasteiger partial charge in [-0.2, -0.15) is 0 Å². The van der Waals surface area contributed by atoms with Crippen molar-refractivity contribution in [3.63, 3.8) is 0 Å². The van der Waals surface area contributed by atoms with Crippen LogP contribution in [0.1, 0.15) is 25.3 Å². The van der Waals surface area contributed by atoms with Gasteiger partial charge < -0.3 is 14.4 Å². The van der Waals surface area contributed by atoms with Crippen LogP contribution in [0.3, 0.4) is 0 Å². The Labute approximate surface area is 155 Å². The molecule has 1 unspecified atom stereocenters. The second kappa shape index (κ2) is 8.73. The number of carbonyl (C=O) groups excluding carboxylic acids is 1. The van der Waals surface area contributed by atoms with Crippen LogP contribution in [0.4, 0.5) is 0 Å². The minimum atomic E-state index is -3.27. The van der Waals surface area contributed by atoms with Crippen LogP contribution in [-0.2, 0) is 21.4 Å². The van der Waals surface area contributed by atoms with Gasteiger partial charge in [-0.05, 0) is 37.5 Å². The second-order valence-electron chi connectivity index (χ2n) is 6.50. The Bertz CT molecular complexity index is 735. The van der Waals surface area contributed by atoms with Crippen molar-refractivity contribution >= 4 is 15.9 Å². The van der Waals surface area contributed by atoms with Crippen molar-refractivity contribution in [1.82, 2.24) is 9.21 Å². The standard InChI is InChI=1S/C18H28N2O5S/c1-5-19(12-14-8-9-16(24-2)17(11-14)25-3)18(21)15-7-6-10-20(13-15)26(4,22)23/h8-9,11,15H,5-7,10,12-13H2,1-4H3. The van der Waals surface area contributed by atoms with Gasteiger partial charge in [0.05, 0.1) is 26.4 Å². The van der Waals surface area contributed by atoms with E-state index in [-0.39, 0.29) is 18.4 Å². The zero-order valence-electron chi connectivity index (χ0n) is 15.9. The van der Waals surface area contributed by atoms with Gasteiger partial charge in [0, 0.05) is 26.2 Å². The maximum Gasteiger partial charge on any atom is 0.227 e. The molecule has 1 aromatic rings. The summed E-state index contributed by atoms with van der Waals surface area (Å²) >= 11 is 0. The number of piperidine rings is 1. The molecule has 146 valence electrons. The summed E-state index contributed by atoms with van der Waals surface area (Å²) in [6.07, 6.45) is 2.62. The summed E-state index contributed by atoms with van der Waals surface area (Å²) in [6.45, 7) is 3.69. The number of ether oxygens (including phenoxy) is 2. The smallest absolute Gasteiger partial charge is 0.227 e. The van der Waals surface area contributed by atoms with Gasteiger partial charge in [-0.15, -0.1) is 0 Å². The molecular formula is C18H28N2O5S. The summed E-state index contributed by atoms with van der Waals surface area (Å²) in [5.74, 6) is 0.963. The summed E-state index contributed by atoms with van der Waals surface area (Å²) in [4.78, 5) is 14.7. The van der Waals surface area contributed by atoms with Crippen molar-refractivity contribution in [2.24, 2.45) is 5.92 Å². The molecule has 7 nitrogen and oxygen atoms in total. The monoisotopic (exact) mass is 384 g/mol. The van der Waals surface area contributed by atoms with E-state index in [1.165, 1.54) is 10.6 Å². The van der Waals surface area contributed by atoms with E-state index < -0.39 is 10.0 Å². The molecule has 1 amide bonds. The first kappa shape index (κ1) is 20.5. The normalized spacial score (nSPS) is 18.4. The zero-order valence-corrected chi connectivity index (χ0v) is 16.7. The highest BCUT2D eigenvalue weighted by atomic mass is 32.2. The van der Waals surface area contributed by atoms with Gasteiger partial charge in [0.15, 0.2) is 11.5 Å². The van der Waals surface area contributed by atoms with E-state index in [4.69, 9.17) is 9.47 Å². The first-order valence-electron chi connectivity index (χ1n) is 8.75. The van der Waals surface area contributed by atoms with Gasteiger partial charge in [-0.25, -0.2) is 12.7 Å². The Morgan fingerprint density at radius 1 is 1.27 bits per heavy atom. The number of benzene rings is 1. The molecule has 0 N–H and O–H groups in total. The average molecular weight is 384 g/mol. The third-order valence-electron chi connectivity index (χ3n) is 4.72. The van der Waals surface area contributed by atoms with Crippen LogP contribution in [0, 0.1) is 5.92 Å². The largest absolute Gasteiger partial charge is 0.493 e. The van der Waals surface area contributed by atoms with E-state index in [0.717, 1.165) is 5.56 Å². The van der Waals surface area contributed by atoms with Crippen LogP contribution in [0.25, 0.3) is 0 Å². The van der Waals surface area contributed by atoms with Crippen molar-refractivity contribution in [3.05, 3.63) is 23.8 Å². The number of carbonyl (C=O) groups is 1. The molecule has 0 spiro atoms. The van der Waals surface area contributed by atoms with E-state index in [1.807, 2.05) is 25.1 Å². The summed E-state index contributed by atoms with van der Waals surface area (Å²) in [5.41, 5.74) is 0.939. The molecule has 8 heteroatoms. The van der Waals surface area contributed by atoms with Crippen LogP contribution in [0.15, 0.2) is 18.2 Å². The Balaban J connectivity index is 2.11. The van der Waals surface area contributed by atoms with Gasteiger partial charge in [0.25, 0.3) is 0 Å². The van der Waals surface area contributed by atoms with Crippen LogP contribution in [0.5, 0.6) is 11.5 Å². The van der Waals surface area contributed by atoms with Crippen molar-refractivity contribution < 1.29 is 22.7 Å². The number of hydrogen-bond donors (Lipinski definition) is 0. The van der Waals surface area contributed by atoms with Gasteiger partial charge in [-0.3, -0.25) is 4.79 Å². The summed E-state index contributed by atoms with van der Waals surface area (Å²) in [7, 11) is -0.113. The SMILES string of the molecule is CCN(Cc1ccc(OC)c(OC)c1)C(=O)C1CCCN(S(C)(=O)=O)C1. The Kier molecular flexibility index (Phi) is 6.88. The molecule has 1 saturated heterocycles. The number of rotatable bonds is 7. The summed E-state index contributed by atoms with van der Waals surface area (Å²) in [5, 5.41) is 0. The van der Waals surface area contributed by atoms with Crippen molar-refractivity contribution in [3.8, 4) is 11.5 Å². The summed E-state index contributed by atoms with van der Waals surface area (Å²) in [6, 6.07) is 5.58. The number of amides is 1. The first-order valence-corrected chi connectivity index (χ1v) is 10.6. The fourth-order valence-corrected chi connectivity index (χ4v) is 4.16. The lowest BCUT2D eigenvalue weighted by molar-refractivity contribution is -0.137. The van der Waals surface area contributed by atoms with E-state index in [9.17, 15) is 13.2 Å². The third kappa shape index (κ3) is 4.88. The maximum absolute atomic E-state index is 12.9. The minimum absolute atomic E-state index is 0.00404. The number of sulfonamides is 1. The number of methoxy groups -OCH3 is 2. The fourth-order valence-electron chi connectivity index (χ4n) is 3.25. The molecule has 1 aliphatic heterocycles. The van der Waals surface area contributed by atoms with Gasteiger partial charge in [-0.1, -0.05) is 6.07 Å². The topological polar surface area (TPSA) is 76.2 Å². The third-order valence-corrected chi connectivity index (χ3v) is 5.99. The van der Waals surface area contributed by atoms with E-state index >= 15 is 0 Å². The van der Waals surface area contributed by atoms with Gasteiger partial charge in [0.2, 0.25) is 15.9 Å². The Hall–Kier alpha value is -1.80. The molecule has 1 atom stereocenters. The van der Waals surface area contributed by atoms with Gasteiger partial charge >= 0.3 is 0 Å². The van der Waals surface area contributed by atoms with E-state index in [2.05, 4.69) is 0 Å². The molecule has 0 bridgehead atoms. The molecule has 0 radical (unpaired) electrons. The molecule has 0 aromatic heterocycles. The molecule has 0 saturated carbocycles. The first-order chi connectivity index (χ1) is 12.3. The highest BCUT2D eigenvalue weighted by Gasteiger charge is 2.32. The number of hydrogen-bond acceptors (Lipinski definition) is 5. The van der Waals surface area contributed by atoms with Gasteiger partial charge in [0.1, 0.15) is 0 Å². The summed E-state index contributed by atoms with van der Waals surface area (Å²) < 4.78 is 35.5. The van der Waals surface area contributed by atoms with Crippen molar-refractivity contribution in [2.75, 3.05) is 40.1 Å². The lowest BCUT2D eigenvalue weighted by atomic mass is 9.97. The molecule has 1 fully saturated rings. The highest BCUT2D eigenvalue weighted by Crippen LogP contribution is 2.28. The van der Waals surface area contributed by atoms with E-state index in [1.54, 1.807) is 19.1 Å². The molecule has 0 aliphatic carbocycles. The minimum Gasteiger partial charge on any atom is -0.493 e. The Morgan fingerprint density at radius 3 is 2.54 bits per heavy atom. The molecule has 1 aliphatic rings. The Morgan fingerprint density at radius 2 is 1.96 bits per heavy atom. The second-order valence-corrected chi connectivity index (χ2v) is 8.48. The van der Waals surface area contributed by atoms with Crippen LogP contribution < -0.4 is 9.47 Å². The number of nitrogens with zero attached hydrogens (tertiary/aromatic N) is 2. The lowest BCUT2D eigenvalue weighted by Gasteiger charge is -2.33. The predicted molar refractivity (Wildman–Crippen MR) is 99.8 cm³/mol. The molecule has 1 aromatic carbocycles. The van der Waals surface area contributed by atoms with Crippen molar-refractivity contribution in [2.45, 2.75) is 26.3 Å². The van der Waals surface area contributed by atoms with Crippen LogP contribution in [0.2, 0.25) is 0 Å². The molecule has 26 heavy (non-hydrogen) atoms. The van der Waals surface area contributed by atoms with Crippen LogP contribution in [-0.4, -0.2) is 63.6 Å². The average Bonchev–Trinajstić information content (AvgIpc) is 2.64. The predicted octanol–water partition coefficient (Wildman–Crippen LogP) is 1.72. The molecule has 1 heterocycles. The maximum atomic E-state index is 12.9. The highest BCUT2D eigenvalue weighted by molar-refractivity contribution is 7.88. The van der Waals surface area contributed by atoms with E-state index in [0.29, 0.717) is 44.0 Å².